The molecule has 2 aromatic heterocycles. The van der Waals surface area contributed by atoms with E-state index in [2.05, 4.69) is 15.4 Å². The Balaban J connectivity index is 1.59. The fraction of sp³-hybridized carbons (Fsp3) is 0.190. The number of fused-ring (bicyclic) bond motifs is 1. The van der Waals surface area contributed by atoms with Crippen LogP contribution >= 0.6 is 0 Å². The zero-order chi connectivity index (χ0) is 18.6. The Morgan fingerprint density at radius 1 is 1.11 bits per heavy atom. The van der Waals surface area contributed by atoms with Gasteiger partial charge in [-0.2, -0.15) is 5.10 Å². The van der Waals surface area contributed by atoms with E-state index in [0.29, 0.717) is 12.1 Å². The molecule has 0 fully saturated rings. The molecule has 27 heavy (non-hydrogen) atoms. The summed E-state index contributed by atoms with van der Waals surface area (Å²) in [7, 11) is 1.96. The van der Waals surface area contributed by atoms with E-state index >= 15 is 0 Å². The minimum absolute atomic E-state index is 0.0701. The predicted octanol–water partition coefficient (Wildman–Crippen LogP) is 3.33. The number of benzene rings is 2. The number of hydrogen-bond acceptors (Lipinski definition) is 3. The maximum atomic E-state index is 13.1. The highest BCUT2D eigenvalue weighted by molar-refractivity contribution is 6.07. The van der Waals surface area contributed by atoms with Gasteiger partial charge in [0.05, 0.1) is 11.6 Å². The third kappa shape index (κ3) is 3.60. The molecule has 0 spiro atoms. The lowest BCUT2D eigenvalue weighted by molar-refractivity contribution is 0.0935. The van der Waals surface area contributed by atoms with E-state index in [4.69, 9.17) is 0 Å². The molecule has 2 aromatic carbocycles. The maximum absolute atomic E-state index is 13.1. The zero-order valence-electron chi connectivity index (χ0n) is 15.1. The molecule has 0 aliphatic carbocycles. The van der Waals surface area contributed by atoms with Crippen LogP contribution in [-0.2, 0) is 13.6 Å². The highest BCUT2D eigenvalue weighted by Gasteiger charge is 2.19. The summed E-state index contributed by atoms with van der Waals surface area (Å²) in [5, 5.41) is 8.32. The Morgan fingerprint density at radius 3 is 2.67 bits per heavy atom. The number of nitrogens with one attached hydrogen (secondary N) is 1. The molecule has 0 unspecified atom stereocenters. The van der Waals surface area contributed by atoms with E-state index in [1.54, 1.807) is 11.0 Å². The average molecular weight is 359 g/mol. The number of para-hydroxylation sites is 1. The van der Waals surface area contributed by atoms with Gasteiger partial charge in [-0.05, 0) is 18.1 Å². The van der Waals surface area contributed by atoms with Crippen molar-refractivity contribution in [3.05, 3.63) is 84.6 Å². The van der Waals surface area contributed by atoms with Crippen molar-refractivity contribution in [3.8, 4) is 0 Å². The second-order valence-corrected chi connectivity index (χ2v) is 6.55. The molecule has 0 radical (unpaired) electrons. The standard InChI is InChI=1S/C21H21N5O/c1-25-13-18(17-9-5-6-10-20(17)25)21(27)24-19(16-7-3-2-4-8-16)11-12-26-15-22-14-23-26/h2-10,13-15,19H,11-12H2,1H3,(H,24,27)/t19-/m1/s1. The van der Waals surface area contributed by atoms with Crippen molar-refractivity contribution in [2.45, 2.75) is 19.0 Å². The summed E-state index contributed by atoms with van der Waals surface area (Å²) >= 11 is 0. The van der Waals surface area contributed by atoms with Crippen molar-refractivity contribution in [1.29, 1.82) is 0 Å². The molecule has 1 N–H and O–H groups in total. The van der Waals surface area contributed by atoms with E-state index in [1.807, 2.05) is 72.4 Å². The largest absolute Gasteiger partial charge is 0.350 e. The second-order valence-electron chi connectivity index (χ2n) is 6.55. The summed E-state index contributed by atoms with van der Waals surface area (Å²) in [6, 6.07) is 17.9. The van der Waals surface area contributed by atoms with Gasteiger partial charge in [0.2, 0.25) is 0 Å². The molecule has 4 aromatic rings. The van der Waals surface area contributed by atoms with Crippen molar-refractivity contribution < 1.29 is 4.79 Å². The zero-order valence-corrected chi connectivity index (χ0v) is 15.1. The topological polar surface area (TPSA) is 64.7 Å². The van der Waals surface area contributed by atoms with Gasteiger partial charge in [-0.15, -0.1) is 0 Å². The average Bonchev–Trinajstić information content (AvgIpc) is 3.34. The summed E-state index contributed by atoms with van der Waals surface area (Å²) in [4.78, 5) is 17.0. The first kappa shape index (κ1) is 17.0. The molecular weight excluding hydrogens is 338 g/mol. The van der Waals surface area contributed by atoms with Gasteiger partial charge in [0, 0.05) is 30.7 Å². The Morgan fingerprint density at radius 2 is 1.89 bits per heavy atom. The van der Waals surface area contributed by atoms with Crippen LogP contribution in [0.1, 0.15) is 28.4 Å². The lowest BCUT2D eigenvalue weighted by atomic mass is 10.0. The van der Waals surface area contributed by atoms with Gasteiger partial charge in [0.1, 0.15) is 12.7 Å². The van der Waals surface area contributed by atoms with Gasteiger partial charge in [0.25, 0.3) is 5.91 Å². The summed E-state index contributed by atoms with van der Waals surface area (Å²) in [5.41, 5.74) is 2.81. The third-order valence-electron chi connectivity index (χ3n) is 4.76. The number of nitrogens with zero attached hydrogens (tertiary/aromatic N) is 4. The first-order valence-corrected chi connectivity index (χ1v) is 8.94. The van der Waals surface area contributed by atoms with E-state index in [9.17, 15) is 4.79 Å². The summed E-state index contributed by atoms with van der Waals surface area (Å²) < 4.78 is 3.76. The molecule has 6 nitrogen and oxygen atoms in total. The SMILES string of the molecule is Cn1cc(C(=O)N[C@H](CCn2cncn2)c2ccccc2)c2ccccc21. The van der Waals surface area contributed by atoms with Crippen molar-refractivity contribution in [3.63, 3.8) is 0 Å². The number of rotatable bonds is 6. The van der Waals surface area contributed by atoms with Crippen LogP contribution in [0.3, 0.4) is 0 Å². The second kappa shape index (κ2) is 7.45. The fourth-order valence-corrected chi connectivity index (χ4v) is 3.38. The first-order chi connectivity index (χ1) is 13.2. The molecule has 1 atom stereocenters. The minimum Gasteiger partial charge on any atom is -0.350 e. The maximum Gasteiger partial charge on any atom is 0.253 e. The van der Waals surface area contributed by atoms with Gasteiger partial charge in [-0.1, -0.05) is 48.5 Å². The molecule has 0 aliphatic heterocycles. The van der Waals surface area contributed by atoms with E-state index in [-0.39, 0.29) is 11.9 Å². The van der Waals surface area contributed by atoms with Crippen molar-refractivity contribution in [2.75, 3.05) is 0 Å². The molecule has 0 aliphatic rings. The van der Waals surface area contributed by atoms with Gasteiger partial charge < -0.3 is 9.88 Å². The van der Waals surface area contributed by atoms with Crippen LogP contribution in [-0.4, -0.2) is 25.2 Å². The predicted molar refractivity (Wildman–Crippen MR) is 104 cm³/mol. The highest BCUT2D eigenvalue weighted by atomic mass is 16.1. The van der Waals surface area contributed by atoms with Gasteiger partial charge in [0.15, 0.2) is 0 Å². The number of carbonyl (C=O) groups excluding carboxylic acids is 1. The van der Waals surface area contributed by atoms with Crippen LogP contribution in [0.4, 0.5) is 0 Å². The van der Waals surface area contributed by atoms with Crippen LogP contribution in [0.2, 0.25) is 0 Å². The number of carbonyl (C=O) groups is 1. The molecule has 4 rings (SSSR count). The number of aryl methyl sites for hydroxylation is 2. The fourth-order valence-electron chi connectivity index (χ4n) is 3.38. The van der Waals surface area contributed by atoms with Gasteiger partial charge in [-0.3, -0.25) is 9.48 Å². The third-order valence-corrected chi connectivity index (χ3v) is 4.76. The molecule has 1 amide bonds. The Hall–Kier alpha value is -3.41. The normalized spacial score (nSPS) is 12.2. The van der Waals surface area contributed by atoms with Crippen LogP contribution in [0.25, 0.3) is 10.9 Å². The number of aromatic nitrogens is 4. The van der Waals surface area contributed by atoms with E-state index < -0.39 is 0 Å². The lowest BCUT2D eigenvalue weighted by Crippen LogP contribution is -2.29. The molecule has 6 heteroatoms. The first-order valence-electron chi connectivity index (χ1n) is 8.94. The molecule has 0 bridgehead atoms. The quantitative estimate of drug-likeness (QED) is 0.574. The summed E-state index contributed by atoms with van der Waals surface area (Å²) in [6.07, 6.45) is 5.82. The smallest absolute Gasteiger partial charge is 0.253 e. The van der Waals surface area contributed by atoms with Crippen LogP contribution < -0.4 is 5.32 Å². The van der Waals surface area contributed by atoms with Gasteiger partial charge in [-0.25, -0.2) is 4.98 Å². The Kier molecular flexibility index (Phi) is 4.70. The lowest BCUT2D eigenvalue weighted by Gasteiger charge is -2.19. The molecular formula is C21H21N5O. The van der Waals surface area contributed by atoms with Crippen molar-refractivity contribution in [1.82, 2.24) is 24.6 Å². The van der Waals surface area contributed by atoms with E-state index in [0.717, 1.165) is 22.9 Å². The van der Waals surface area contributed by atoms with Crippen molar-refractivity contribution >= 4 is 16.8 Å². The summed E-state index contributed by atoms with van der Waals surface area (Å²) in [5.74, 6) is -0.0701. The molecule has 136 valence electrons. The van der Waals surface area contributed by atoms with E-state index in [1.165, 1.54) is 6.33 Å². The van der Waals surface area contributed by atoms with Crippen LogP contribution in [0, 0.1) is 0 Å². The number of hydrogen-bond donors (Lipinski definition) is 1. The van der Waals surface area contributed by atoms with Crippen molar-refractivity contribution in [2.24, 2.45) is 7.05 Å². The molecule has 0 saturated heterocycles. The Labute approximate surface area is 157 Å². The molecule has 0 saturated carbocycles. The Bertz CT molecular complexity index is 1040. The van der Waals surface area contributed by atoms with Crippen LogP contribution in [0.5, 0.6) is 0 Å². The monoisotopic (exact) mass is 359 g/mol. The minimum atomic E-state index is -0.109. The van der Waals surface area contributed by atoms with Gasteiger partial charge >= 0.3 is 0 Å². The summed E-state index contributed by atoms with van der Waals surface area (Å²) in [6.45, 7) is 0.676. The van der Waals surface area contributed by atoms with Crippen LogP contribution in [0.15, 0.2) is 73.4 Å². The molecule has 2 heterocycles. The highest BCUT2D eigenvalue weighted by Crippen LogP contribution is 2.23. The number of amides is 1.